The average molecular weight is 228 g/mol. The van der Waals surface area contributed by atoms with Gasteiger partial charge in [0.1, 0.15) is 12.4 Å². The molecule has 0 fully saturated rings. The van der Waals surface area contributed by atoms with E-state index in [1.807, 2.05) is 6.08 Å². The molecular weight excluding hydrogens is 216 g/mol. The van der Waals surface area contributed by atoms with Crippen molar-refractivity contribution in [3.05, 3.63) is 46.8 Å². The first kappa shape index (κ1) is 9.67. The van der Waals surface area contributed by atoms with Gasteiger partial charge in [-0.3, -0.25) is 0 Å². The largest absolute Gasteiger partial charge is 0.488 e. The van der Waals surface area contributed by atoms with E-state index in [9.17, 15) is 0 Å². The van der Waals surface area contributed by atoms with Gasteiger partial charge in [-0.25, -0.2) is 0 Å². The van der Waals surface area contributed by atoms with E-state index in [2.05, 4.69) is 37.8 Å². The number of aryl methyl sites for hydroxylation is 1. The quantitative estimate of drug-likeness (QED) is 0.708. The molecule has 1 aromatic heterocycles. The van der Waals surface area contributed by atoms with Crippen LogP contribution in [0.25, 0.3) is 16.5 Å². The second-order valence-corrected chi connectivity index (χ2v) is 5.08. The Morgan fingerprint density at radius 3 is 3.06 bits per heavy atom. The lowest BCUT2D eigenvalue weighted by Crippen LogP contribution is -2.02. The van der Waals surface area contributed by atoms with Crippen LogP contribution in [0.5, 0.6) is 5.75 Å². The van der Waals surface area contributed by atoms with Gasteiger partial charge < -0.3 is 4.74 Å². The summed E-state index contributed by atoms with van der Waals surface area (Å²) in [5.41, 5.74) is 3.76. The van der Waals surface area contributed by atoms with Crippen LogP contribution in [0.15, 0.2) is 30.8 Å². The molecule has 1 nitrogen and oxygen atoms in total. The summed E-state index contributed by atoms with van der Waals surface area (Å²) in [6.45, 7) is 6.60. The highest BCUT2D eigenvalue weighted by atomic mass is 32.1. The van der Waals surface area contributed by atoms with Gasteiger partial charge in [0.15, 0.2) is 0 Å². The maximum Gasteiger partial charge on any atom is 0.128 e. The first-order chi connectivity index (χ1) is 7.78. The van der Waals surface area contributed by atoms with Gasteiger partial charge in [0.25, 0.3) is 0 Å². The highest BCUT2D eigenvalue weighted by Crippen LogP contribution is 2.42. The molecule has 0 spiro atoms. The second-order valence-electron chi connectivity index (χ2n) is 4.00. The zero-order chi connectivity index (χ0) is 11.1. The first-order valence-corrected chi connectivity index (χ1v) is 6.08. The van der Waals surface area contributed by atoms with Gasteiger partial charge >= 0.3 is 0 Å². The van der Waals surface area contributed by atoms with Gasteiger partial charge in [-0.05, 0) is 25.1 Å². The van der Waals surface area contributed by atoms with Crippen LogP contribution >= 0.6 is 11.3 Å². The molecular formula is C14H12OS. The number of hydrogen-bond acceptors (Lipinski definition) is 2. The summed E-state index contributed by atoms with van der Waals surface area (Å²) in [5, 5.41) is 0. The van der Waals surface area contributed by atoms with Crippen LogP contribution in [0, 0.1) is 6.92 Å². The van der Waals surface area contributed by atoms with Crippen molar-refractivity contribution in [3.63, 3.8) is 0 Å². The summed E-state index contributed by atoms with van der Waals surface area (Å²) in [6.07, 6.45) is 1.90. The van der Waals surface area contributed by atoms with Crippen molar-refractivity contribution in [2.75, 3.05) is 0 Å². The monoisotopic (exact) mass is 228 g/mol. The van der Waals surface area contributed by atoms with Crippen LogP contribution in [0.3, 0.4) is 0 Å². The van der Waals surface area contributed by atoms with Crippen LogP contribution in [0.1, 0.15) is 16.0 Å². The molecule has 3 rings (SSSR count). The fourth-order valence-electron chi connectivity index (χ4n) is 1.99. The number of benzene rings is 1. The fourth-order valence-corrected chi connectivity index (χ4v) is 3.03. The number of thiophene rings is 1. The molecule has 0 unspecified atom stereocenters. The molecule has 0 bridgehead atoms. The lowest BCUT2D eigenvalue weighted by atomic mass is 10.0. The van der Waals surface area contributed by atoms with Crippen molar-refractivity contribution in [3.8, 4) is 16.2 Å². The minimum atomic E-state index is 0.676. The smallest absolute Gasteiger partial charge is 0.128 e. The Morgan fingerprint density at radius 1 is 1.38 bits per heavy atom. The zero-order valence-electron chi connectivity index (χ0n) is 9.12. The van der Waals surface area contributed by atoms with Crippen LogP contribution in [-0.2, 0) is 6.61 Å². The Morgan fingerprint density at radius 2 is 2.25 bits per heavy atom. The Kier molecular flexibility index (Phi) is 2.11. The van der Waals surface area contributed by atoms with Crippen molar-refractivity contribution in [2.45, 2.75) is 13.5 Å². The van der Waals surface area contributed by atoms with Crippen LogP contribution in [0.4, 0.5) is 0 Å². The van der Waals surface area contributed by atoms with Gasteiger partial charge in [-0.2, -0.15) is 0 Å². The molecule has 0 atom stereocenters. The first-order valence-electron chi connectivity index (χ1n) is 5.27. The lowest BCUT2D eigenvalue weighted by molar-refractivity contribution is 0.303. The standard InChI is InChI=1S/C14H12OS/c1-3-11-7-10-8-15-13-5-4-9(2)6-12(13)14(10)16-11/h3-7H,1,8H2,2H3. The summed E-state index contributed by atoms with van der Waals surface area (Å²) in [7, 11) is 0. The van der Waals surface area contributed by atoms with Crippen molar-refractivity contribution >= 4 is 17.4 Å². The number of fused-ring (bicyclic) bond motifs is 3. The van der Waals surface area contributed by atoms with Gasteiger partial charge in [0.2, 0.25) is 0 Å². The molecule has 2 heteroatoms. The predicted octanol–water partition coefficient (Wildman–Crippen LogP) is 4.26. The molecule has 0 aliphatic carbocycles. The van der Waals surface area contributed by atoms with Gasteiger partial charge in [0, 0.05) is 20.9 Å². The van der Waals surface area contributed by atoms with Crippen LogP contribution in [-0.4, -0.2) is 0 Å². The highest BCUT2D eigenvalue weighted by Gasteiger charge is 2.19. The molecule has 1 aliphatic heterocycles. The average Bonchev–Trinajstić information content (AvgIpc) is 2.72. The Bertz CT molecular complexity index is 566. The molecule has 0 saturated heterocycles. The SMILES string of the molecule is C=Cc1cc2c(s1)-c1cc(C)ccc1OC2. The molecule has 0 saturated carbocycles. The Labute approximate surface area is 99.0 Å². The molecule has 0 amide bonds. The highest BCUT2D eigenvalue weighted by molar-refractivity contribution is 7.16. The van der Waals surface area contributed by atoms with Gasteiger partial charge in [-0.15, -0.1) is 11.3 Å². The van der Waals surface area contributed by atoms with E-state index in [0.717, 1.165) is 5.75 Å². The molecule has 1 aromatic carbocycles. The molecule has 0 N–H and O–H groups in total. The van der Waals surface area contributed by atoms with E-state index in [1.165, 1.54) is 26.4 Å². The summed E-state index contributed by atoms with van der Waals surface area (Å²) in [4.78, 5) is 2.54. The summed E-state index contributed by atoms with van der Waals surface area (Å²) >= 11 is 1.79. The summed E-state index contributed by atoms with van der Waals surface area (Å²) in [6, 6.07) is 8.50. The minimum Gasteiger partial charge on any atom is -0.488 e. The summed E-state index contributed by atoms with van der Waals surface area (Å²) < 4.78 is 5.74. The second kappa shape index (κ2) is 3.49. The molecule has 2 aromatic rings. The van der Waals surface area contributed by atoms with E-state index in [1.54, 1.807) is 11.3 Å². The Balaban J connectivity index is 2.24. The van der Waals surface area contributed by atoms with Crippen LogP contribution in [0.2, 0.25) is 0 Å². The van der Waals surface area contributed by atoms with Gasteiger partial charge in [-0.1, -0.05) is 24.3 Å². The van der Waals surface area contributed by atoms with E-state index >= 15 is 0 Å². The van der Waals surface area contributed by atoms with Crippen LogP contribution < -0.4 is 4.74 Å². The number of ether oxygens (including phenoxy) is 1. The normalized spacial score (nSPS) is 12.6. The van der Waals surface area contributed by atoms with E-state index < -0.39 is 0 Å². The third-order valence-electron chi connectivity index (χ3n) is 2.79. The van der Waals surface area contributed by atoms with Crippen molar-refractivity contribution < 1.29 is 4.74 Å². The molecule has 1 aliphatic rings. The summed E-state index contributed by atoms with van der Waals surface area (Å²) in [5.74, 6) is 0.996. The molecule has 80 valence electrons. The van der Waals surface area contributed by atoms with E-state index in [4.69, 9.17) is 4.74 Å². The van der Waals surface area contributed by atoms with Crippen molar-refractivity contribution in [1.82, 2.24) is 0 Å². The van der Waals surface area contributed by atoms with Crippen molar-refractivity contribution in [1.29, 1.82) is 0 Å². The fraction of sp³-hybridized carbons (Fsp3) is 0.143. The zero-order valence-corrected chi connectivity index (χ0v) is 9.93. The third kappa shape index (κ3) is 1.38. The molecule has 2 heterocycles. The molecule has 16 heavy (non-hydrogen) atoms. The van der Waals surface area contributed by atoms with Gasteiger partial charge in [0.05, 0.1) is 0 Å². The lowest BCUT2D eigenvalue weighted by Gasteiger charge is -2.17. The van der Waals surface area contributed by atoms with E-state index in [-0.39, 0.29) is 0 Å². The third-order valence-corrected chi connectivity index (χ3v) is 4.00. The van der Waals surface area contributed by atoms with E-state index in [0.29, 0.717) is 6.61 Å². The Hall–Kier alpha value is -1.54. The molecule has 0 radical (unpaired) electrons. The van der Waals surface area contributed by atoms with Crippen molar-refractivity contribution in [2.24, 2.45) is 0 Å². The maximum absolute atomic E-state index is 5.74. The number of hydrogen-bond donors (Lipinski definition) is 0. The topological polar surface area (TPSA) is 9.23 Å². The number of rotatable bonds is 1. The minimum absolute atomic E-state index is 0.676. The predicted molar refractivity (Wildman–Crippen MR) is 68.9 cm³/mol. The maximum atomic E-state index is 5.74.